The lowest BCUT2D eigenvalue weighted by atomic mass is 10.1. The molecule has 2 aromatic carbocycles. The highest BCUT2D eigenvalue weighted by molar-refractivity contribution is 7.78. The van der Waals surface area contributed by atoms with Crippen LogP contribution in [0, 0.1) is 13.8 Å². The van der Waals surface area contributed by atoms with Crippen molar-refractivity contribution in [2.45, 2.75) is 58.7 Å². The van der Waals surface area contributed by atoms with E-state index in [-0.39, 0.29) is 24.1 Å². The summed E-state index contributed by atoms with van der Waals surface area (Å²) in [5.74, 6) is -0.122. The Balaban J connectivity index is 1.76. The minimum atomic E-state index is -1.80. The molecular weight excluding hydrogens is 441 g/mol. The van der Waals surface area contributed by atoms with Crippen LogP contribution in [0.25, 0.3) is 0 Å². The van der Waals surface area contributed by atoms with Crippen molar-refractivity contribution < 1.29 is 14.3 Å². The number of carbonyl (C=O) groups is 2. The molecule has 32 heavy (non-hydrogen) atoms. The molecule has 6 heteroatoms. The number of nitrogens with one attached hydrogen (secondary N) is 1. The van der Waals surface area contributed by atoms with E-state index in [4.69, 9.17) is 16.3 Å². The predicted molar refractivity (Wildman–Crippen MR) is 135 cm³/mol. The van der Waals surface area contributed by atoms with Gasteiger partial charge in [0.25, 0.3) is 5.91 Å². The Bertz CT molecular complexity index is 918. The fraction of sp³-hybridized carbons (Fsp3) is 0.462. The topological polar surface area (TPSA) is 55.4 Å². The van der Waals surface area contributed by atoms with E-state index in [1.807, 2.05) is 56.3 Å². The van der Waals surface area contributed by atoms with Gasteiger partial charge in [-0.25, -0.2) is 4.79 Å². The minimum Gasteiger partial charge on any atom is -0.458 e. The molecule has 0 spiro atoms. The Morgan fingerprint density at radius 1 is 1.09 bits per heavy atom. The highest BCUT2D eigenvalue weighted by Gasteiger charge is 2.53. The van der Waals surface area contributed by atoms with Crippen molar-refractivity contribution in [3.63, 3.8) is 0 Å². The molecule has 0 bridgehead atoms. The van der Waals surface area contributed by atoms with E-state index in [0.717, 1.165) is 60.4 Å². The van der Waals surface area contributed by atoms with E-state index in [2.05, 4.69) is 12.2 Å². The van der Waals surface area contributed by atoms with Gasteiger partial charge in [-0.05, 0) is 61.9 Å². The maximum absolute atomic E-state index is 13.6. The Morgan fingerprint density at radius 3 is 2.31 bits per heavy atom. The molecule has 1 aliphatic rings. The first-order valence-corrected chi connectivity index (χ1v) is 14.3. The third kappa shape index (κ3) is 6.11. The summed E-state index contributed by atoms with van der Waals surface area (Å²) >= 11 is 6.17. The van der Waals surface area contributed by atoms with E-state index < -0.39 is 7.26 Å². The molecule has 1 unspecified atom stereocenters. The maximum atomic E-state index is 13.6. The number of aryl methyl sites for hydroxylation is 2. The smallest absolute Gasteiger partial charge is 0.344 e. The Labute approximate surface area is 197 Å². The van der Waals surface area contributed by atoms with Gasteiger partial charge in [0, 0.05) is 18.0 Å². The summed E-state index contributed by atoms with van der Waals surface area (Å²) in [6.07, 6.45) is 6.28. The Morgan fingerprint density at radius 2 is 1.72 bits per heavy atom. The van der Waals surface area contributed by atoms with Gasteiger partial charge >= 0.3 is 5.97 Å². The van der Waals surface area contributed by atoms with Gasteiger partial charge in [0.2, 0.25) is 0 Å². The van der Waals surface area contributed by atoms with Crippen molar-refractivity contribution in [3.8, 4) is 0 Å². The van der Waals surface area contributed by atoms with Crippen LogP contribution >= 0.6 is 18.9 Å². The number of rotatable bonds is 9. The van der Waals surface area contributed by atoms with Gasteiger partial charge in [0.15, 0.2) is 6.16 Å². The molecule has 1 atom stereocenters. The van der Waals surface area contributed by atoms with Gasteiger partial charge in [-0.15, -0.1) is 0 Å². The quantitative estimate of drug-likeness (QED) is 0.328. The zero-order chi connectivity index (χ0) is 23.1. The van der Waals surface area contributed by atoms with Crippen LogP contribution in [0.4, 0.5) is 5.69 Å². The molecule has 0 radical (unpaired) electrons. The molecule has 1 heterocycles. The van der Waals surface area contributed by atoms with E-state index in [0.29, 0.717) is 11.2 Å². The second kappa shape index (κ2) is 11.3. The lowest BCUT2D eigenvalue weighted by Gasteiger charge is -2.30. The summed E-state index contributed by atoms with van der Waals surface area (Å²) in [6, 6.07) is 13.5. The highest BCUT2D eigenvalue weighted by atomic mass is 35.5. The van der Waals surface area contributed by atoms with Gasteiger partial charge < -0.3 is 10.1 Å². The summed E-state index contributed by atoms with van der Waals surface area (Å²) in [7, 11) is -1.80. The standard InChI is InChI=1S/C26H33ClNO3P/c1-4-10-23(26(30)28-25-19(2)15-22(27)16-20(25)3)32(13-8-9-14-32)18-24(29)31-17-21-11-6-5-7-12-21/h5-7,11-12,15-16,23H,4,8-10,13-14,17-18H2,1-3H3/p+1. The van der Waals surface area contributed by atoms with Crippen LogP contribution in [0.5, 0.6) is 0 Å². The molecule has 1 fully saturated rings. The number of esters is 1. The summed E-state index contributed by atoms with van der Waals surface area (Å²) < 4.78 is 5.64. The lowest BCUT2D eigenvalue weighted by molar-refractivity contribution is -0.141. The Kier molecular flexibility index (Phi) is 8.73. The number of ether oxygens (including phenoxy) is 1. The first-order valence-electron chi connectivity index (χ1n) is 11.5. The van der Waals surface area contributed by atoms with Crippen molar-refractivity contribution in [2.75, 3.05) is 23.8 Å². The van der Waals surface area contributed by atoms with Crippen LogP contribution in [0.15, 0.2) is 42.5 Å². The van der Waals surface area contributed by atoms with E-state index in [9.17, 15) is 9.59 Å². The number of carbonyl (C=O) groups excluding carboxylic acids is 2. The molecule has 1 N–H and O–H groups in total. The number of hydrogen-bond acceptors (Lipinski definition) is 3. The number of hydrogen-bond donors (Lipinski definition) is 1. The maximum Gasteiger partial charge on any atom is 0.344 e. The molecule has 0 aromatic heterocycles. The second-order valence-corrected chi connectivity index (χ2v) is 13.6. The average Bonchev–Trinajstić information content (AvgIpc) is 3.22. The van der Waals surface area contributed by atoms with Gasteiger partial charge in [0.05, 0.1) is 12.3 Å². The third-order valence-corrected chi connectivity index (χ3v) is 11.8. The van der Waals surface area contributed by atoms with Gasteiger partial charge in [-0.1, -0.05) is 55.3 Å². The fourth-order valence-corrected chi connectivity index (χ4v) is 10.2. The molecule has 2 aromatic rings. The minimum absolute atomic E-state index is 0.0477. The van der Waals surface area contributed by atoms with Crippen molar-refractivity contribution in [1.29, 1.82) is 0 Å². The largest absolute Gasteiger partial charge is 0.458 e. The van der Waals surface area contributed by atoms with Crippen molar-refractivity contribution in [3.05, 3.63) is 64.2 Å². The van der Waals surface area contributed by atoms with Crippen LogP contribution in [0.1, 0.15) is 49.3 Å². The fourth-order valence-electron chi connectivity index (χ4n) is 4.83. The van der Waals surface area contributed by atoms with Gasteiger partial charge in [-0.3, -0.25) is 4.79 Å². The van der Waals surface area contributed by atoms with Crippen LogP contribution in [-0.2, 0) is 20.9 Å². The SMILES string of the molecule is CCCC(C(=O)Nc1c(C)cc(Cl)cc1C)[P+]1(CC(=O)OCc2ccccc2)CCCC1. The molecule has 1 aliphatic heterocycles. The zero-order valence-electron chi connectivity index (χ0n) is 19.3. The normalized spacial score (nSPS) is 15.9. The molecule has 172 valence electrons. The average molecular weight is 475 g/mol. The molecule has 0 saturated carbocycles. The number of halogens is 1. The zero-order valence-corrected chi connectivity index (χ0v) is 21.0. The van der Waals surface area contributed by atoms with Crippen LogP contribution in [0.3, 0.4) is 0 Å². The molecular formula is C26H34ClNO3P+. The molecule has 4 nitrogen and oxygen atoms in total. The third-order valence-electron chi connectivity index (χ3n) is 6.42. The number of anilines is 1. The van der Waals surface area contributed by atoms with Crippen molar-refractivity contribution in [1.82, 2.24) is 0 Å². The van der Waals surface area contributed by atoms with E-state index in [1.165, 1.54) is 0 Å². The molecule has 3 rings (SSSR count). The second-order valence-electron chi connectivity index (χ2n) is 8.89. The summed E-state index contributed by atoms with van der Waals surface area (Å²) in [5, 5.41) is 3.87. The summed E-state index contributed by atoms with van der Waals surface area (Å²) in [6.45, 7) is 6.32. The van der Waals surface area contributed by atoms with E-state index in [1.54, 1.807) is 0 Å². The molecule has 1 saturated heterocycles. The molecule has 1 amide bonds. The van der Waals surface area contributed by atoms with Crippen LogP contribution in [-0.4, -0.2) is 36.0 Å². The van der Waals surface area contributed by atoms with E-state index >= 15 is 0 Å². The highest BCUT2D eigenvalue weighted by Crippen LogP contribution is 2.68. The van der Waals surface area contributed by atoms with Crippen LogP contribution in [0.2, 0.25) is 5.02 Å². The van der Waals surface area contributed by atoms with Crippen molar-refractivity contribution >= 4 is 36.4 Å². The van der Waals surface area contributed by atoms with Gasteiger partial charge in [0.1, 0.15) is 12.3 Å². The lowest BCUT2D eigenvalue weighted by Crippen LogP contribution is -2.34. The number of benzene rings is 2. The van der Waals surface area contributed by atoms with Crippen LogP contribution < -0.4 is 5.32 Å². The van der Waals surface area contributed by atoms with Gasteiger partial charge in [-0.2, -0.15) is 0 Å². The number of amides is 1. The monoisotopic (exact) mass is 474 g/mol. The first-order chi connectivity index (χ1) is 15.3. The first kappa shape index (κ1) is 24.7. The van der Waals surface area contributed by atoms with Crippen molar-refractivity contribution in [2.24, 2.45) is 0 Å². The molecule has 0 aliphatic carbocycles. The summed E-state index contributed by atoms with van der Waals surface area (Å²) in [5.41, 5.74) is 3.62. The predicted octanol–water partition coefficient (Wildman–Crippen LogP) is 6.62. The Hall–Kier alpha value is -1.90. The summed E-state index contributed by atoms with van der Waals surface area (Å²) in [4.78, 5) is 26.4.